The topological polar surface area (TPSA) is 53.0 Å². The van der Waals surface area contributed by atoms with Crippen LogP contribution in [-0.2, 0) is 11.2 Å². The number of likely N-dealkylation sites (tertiary alicyclic amines) is 1. The van der Waals surface area contributed by atoms with E-state index in [9.17, 15) is 9.90 Å². The van der Waals surface area contributed by atoms with E-state index in [1.165, 1.54) is 16.0 Å². The number of carbonyl (C=O) groups excluding carboxylic acids is 1. The molecule has 5 rings (SSSR count). The number of thiophene rings is 1. The Kier molecular flexibility index (Phi) is 6.49. The SMILES string of the molecule is CN(C(=O)C1CCc2cc(-c3cccs3)ccc2O1)C(CN1CCC(O)C1)c1ccccc1. The summed E-state index contributed by atoms with van der Waals surface area (Å²) in [6.45, 7) is 2.22. The van der Waals surface area contributed by atoms with Gasteiger partial charge in [-0.25, -0.2) is 0 Å². The molecule has 33 heavy (non-hydrogen) atoms. The highest BCUT2D eigenvalue weighted by Gasteiger charge is 2.34. The largest absolute Gasteiger partial charge is 0.480 e. The van der Waals surface area contributed by atoms with Crippen LogP contribution >= 0.6 is 11.3 Å². The summed E-state index contributed by atoms with van der Waals surface area (Å²) in [6.07, 6.45) is 1.53. The van der Waals surface area contributed by atoms with Crippen LogP contribution in [0.5, 0.6) is 5.75 Å². The van der Waals surface area contributed by atoms with Gasteiger partial charge >= 0.3 is 0 Å². The molecule has 1 aromatic heterocycles. The van der Waals surface area contributed by atoms with E-state index in [4.69, 9.17) is 4.74 Å². The predicted octanol–water partition coefficient (Wildman–Crippen LogP) is 4.38. The van der Waals surface area contributed by atoms with E-state index in [1.54, 1.807) is 11.3 Å². The van der Waals surface area contributed by atoms with E-state index in [0.717, 1.165) is 30.7 Å². The number of β-amino-alcohol motifs (C(OH)–C–C–N with tert-alkyl or cyclic N) is 1. The number of nitrogens with zero attached hydrogens (tertiary/aromatic N) is 2. The molecule has 3 aromatic rings. The number of rotatable bonds is 6. The van der Waals surface area contributed by atoms with Crippen LogP contribution in [0.25, 0.3) is 10.4 Å². The summed E-state index contributed by atoms with van der Waals surface area (Å²) >= 11 is 1.73. The average molecular weight is 463 g/mol. The second-order valence-electron chi connectivity index (χ2n) is 9.02. The number of amides is 1. The lowest BCUT2D eigenvalue weighted by Crippen LogP contribution is -2.46. The first kappa shape index (κ1) is 22.1. The molecule has 172 valence electrons. The van der Waals surface area contributed by atoms with E-state index in [-0.39, 0.29) is 18.1 Å². The van der Waals surface area contributed by atoms with Crippen molar-refractivity contribution < 1.29 is 14.6 Å². The Labute approximate surface area is 199 Å². The number of hydrogen-bond acceptors (Lipinski definition) is 5. The molecule has 3 unspecified atom stereocenters. The molecular formula is C27H30N2O3S. The fourth-order valence-electron chi connectivity index (χ4n) is 4.89. The normalized spacial score (nSPS) is 21.3. The number of aliphatic hydroxyl groups excluding tert-OH is 1. The maximum Gasteiger partial charge on any atom is 0.263 e. The predicted molar refractivity (Wildman–Crippen MR) is 132 cm³/mol. The van der Waals surface area contributed by atoms with Gasteiger partial charge in [-0.3, -0.25) is 9.69 Å². The molecule has 1 saturated heterocycles. The molecule has 2 aliphatic heterocycles. The molecule has 1 amide bonds. The van der Waals surface area contributed by atoms with Crippen LogP contribution in [0.1, 0.15) is 30.0 Å². The van der Waals surface area contributed by atoms with Gasteiger partial charge in [-0.15, -0.1) is 11.3 Å². The van der Waals surface area contributed by atoms with Crippen molar-refractivity contribution in [3.05, 3.63) is 77.2 Å². The van der Waals surface area contributed by atoms with E-state index in [2.05, 4.69) is 46.7 Å². The van der Waals surface area contributed by atoms with Crippen LogP contribution in [-0.4, -0.2) is 59.7 Å². The summed E-state index contributed by atoms with van der Waals surface area (Å²) in [5, 5.41) is 12.1. The quantitative estimate of drug-likeness (QED) is 0.591. The maximum absolute atomic E-state index is 13.5. The molecule has 0 spiro atoms. The molecule has 0 radical (unpaired) electrons. The average Bonchev–Trinajstić information content (AvgIpc) is 3.53. The molecule has 1 N–H and O–H groups in total. The number of likely N-dealkylation sites (N-methyl/N-ethyl adjacent to an activating group) is 1. The minimum atomic E-state index is -0.481. The molecule has 3 atom stereocenters. The number of hydrogen-bond donors (Lipinski definition) is 1. The van der Waals surface area contributed by atoms with Crippen molar-refractivity contribution >= 4 is 17.2 Å². The summed E-state index contributed by atoms with van der Waals surface area (Å²) in [5.41, 5.74) is 3.47. The molecule has 3 heterocycles. The van der Waals surface area contributed by atoms with Crippen molar-refractivity contribution in [1.29, 1.82) is 0 Å². The molecular weight excluding hydrogens is 432 g/mol. The summed E-state index contributed by atoms with van der Waals surface area (Å²) in [4.78, 5) is 18.9. The zero-order valence-electron chi connectivity index (χ0n) is 18.9. The minimum Gasteiger partial charge on any atom is -0.480 e. The Balaban J connectivity index is 1.32. The van der Waals surface area contributed by atoms with E-state index >= 15 is 0 Å². The summed E-state index contributed by atoms with van der Waals surface area (Å²) in [5.74, 6) is 0.823. The van der Waals surface area contributed by atoms with Gasteiger partial charge in [0.05, 0.1) is 12.1 Å². The standard InChI is InChI=1S/C27H30N2O3S/c1-28(23(19-6-3-2-4-7-19)18-29-14-13-22(30)17-29)27(31)25-12-9-20-16-21(10-11-24(20)32-25)26-8-5-15-33-26/h2-8,10-11,15-16,22-23,25,30H,9,12-14,17-18H2,1H3. The van der Waals surface area contributed by atoms with Gasteiger partial charge in [0.2, 0.25) is 0 Å². The second-order valence-corrected chi connectivity index (χ2v) is 9.97. The third kappa shape index (κ3) is 4.83. The molecule has 0 saturated carbocycles. The van der Waals surface area contributed by atoms with Gasteiger partial charge in [-0.1, -0.05) is 36.4 Å². The summed E-state index contributed by atoms with van der Waals surface area (Å²) < 4.78 is 6.22. The zero-order chi connectivity index (χ0) is 22.8. The first-order chi connectivity index (χ1) is 16.1. The molecule has 0 aliphatic carbocycles. The second kappa shape index (κ2) is 9.67. The zero-order valence-corrected chi connectivity index (χ0v) is 19.7. The van der Waals surface area contributed by atoms with Crippen LogP contribution in [0.15, 0.2) is 66.0 Å². The molecule has 0 bridgehead atoms. The Morgan fingerprint density at radius 2 is 2.03 bits per heavy atom. The van der Waals surface area contributed by atoms with Gasteiger partial charge in [0.15, 0.2) is 6.10 Å². The van der Waals surface area contributed by atoms with Crippen LogP contribution in [0.2, 0.25) is 0 Å². The Hall–Kier alpha value is -2.67. The molecule has 2 aromatic carbocycles. The fourth-order valence-corrected chi connectivity index (χ4v) is 5.61. The van der Waals surface area contributed by atoms with Gasteiger partial charge in [0.25, 0.3) is 5.91 Å². The maximum atomic E-state index is 13.5. The van der Waals surface area contributed by atoms with Gasteiger partial charge in [-0.05, 0) is 65.6 Å². The van der Waals surface area contributed by atoms with Crippen LogP contribution in [0.3, 0.4) is 0 Å². The molecule has 5 nitrogen and oxygen atoms in total. The van der Waals surface area contributed by atoms with Crippen molar-refractivity contribution in [2.24, 2.45) is 0 Å². The third-order valence-corrected chi connectivity index (χ3v) is 7.68. The van der Waals surface area contributed by atoms with Gasteiger partial charge in [0, 0.05) is 31.6 Å². The van der Waals surface area contributed by atoms with Crippen LogP contribution in [0, 0.1) is 0 Å². The van der Waals surface area contributed by atoms with Crippen molar-refractivity contribution in [3.63, 3.8) is 0 Å². The lowest BCUT2D eigenvalue weighted by molar-refractivity contribution is -0.140. The Morgan fingerprint density at radius 3 is 2.76 bits per heavy atom. The Morgan fingerprint density at radius 1 is 1.18 bits per heavy atom. The highest BCUT2D eigenvalue weighted by atomic mass is 32.1. The number of carbonyl (C=O) groups is 1. The number of aliphatic hydroxyl groups is 1. The van der Waals surface area contributed by atoms with E-state index in [1.807, 2.05) is 36.2 Å². The Bertz CT molecular complexity index is 1090. The smallest absolute Gasteiger partial charge is 0.263 e. The number of aryl methyl sites for hydroxylation is 1. The number of ether oxygens (including phenoxy) is 1. The van der Waals surface area contributed by atoms with Gasteiger partial charge in [0.1, 0.15) is 5.75 Å². The van der Waals surface area contributed by atoms with Gasteiger partial charge < -0.3 is 14.7 Å². The van der Waals surface area contributed by atoms with Crippen molar-refractivity contribution in [2.45, 2.75) is 37.5 Å². The third-order valence-electron chi connectivity index (χ3n) is 6.76. The van der Waals surface area contributed by atoms with Crippen molar-refractivity contribution in [3.8, 4) is 16.2 Å². The monoisotopic (exact) mass is 462 g/mol. The summed E-state index contributed by atoms with van der Waals surface area (Å²) in [7, 11) is 1.88. The molecule has 6 heteroatoms. The highest BCUT2D eigenvalue weighted by molar-refractivity contribution is 7.13. The number of fused-ring (bicyclic) bond motifs is 1. The summed E-state index contributed by atoms with van der Waals surface area (Å²) in [6, 6.07) is 20.5. The first-order valence-electron chi connectivity index (χ1n) is 11.6. The molecule has 2 aliphatic rings. The van der Waals surface area contributed by atoms with E-state index in [0.29, 0.717) is 19.5 Å². The van der Waals surface area contributed by atoms with Crippen LogP contribution in [0.4, 0.5) is 0 Å². The first-order valence-corrected chi connectivity index (χ1v) is 12.5. The minimum absolute atomic E-state index is 0.0107. The molecule has 1 fully saturated rings. The lowest BCUT2D eigenvalue weighted by atomic mass is 9.98. The van der Waals surface area contributed by atoms with Crippen molar-refractivity contribution in [1.82, 2.24) is 9.80 Å². The number of benzene rings is 2. The fraction of sp³-hybridized carbons (Fsp3) is 0.370. The van der Waals surface area contributed by atoms with Crippen LogP contribution < -0.4 is 4.74 Å². The van der Waals surface area contributed by atoms with E-state index < -0.39 is 6.10 Å². The highest BCUT2D eigenvalue weighted by Crippen LogP contribution is 2.34. The van der Waals surface area contributed by atoms with Gasteiger partial charge in [-0.2, -0.15) is 0 Å². The van der Waals surface area contributed by atoms with Crippen molar-refractivity contribution in [2.75, 3.05) is 26.7 Å². The lowest BCUT2D eigenvalue weighted by Gasteiger charge is -2.35.